The molecule has 0 saturated carbocycles. The van der Waals surface area contributed by atoms with Gasteiger partial charge in [0.15, 0.2) is 0 Å². The fraction of sp³-hybridized carbons (Fsp3) is 0.333. The van der Waals surface area contributed by atoms with Crippen LogP contribution in [-0.2, 0) is 11.2 Å². The van der Waals surface area contributed by atoms with Crippen molar-refractivity contribution in [3.05, 3.63) is 28.2 Å². The number of thiazole rings is 1. The largest absolute Gasteiger partial charge is 0.354 e. The third-order valence-electron chi connectivity index (χ3n) is 2.45. The van der Waals surface area contributed by atoms with Crippen molar-refractivity contribution in [2.24, 2.45) is 5.73 Å². The van der Waals surface area contributed by atoms with Crippen molar-refractivity contribution in [2.45, 2.75) is 19.4 Å². The first-order chi connectivity index (χ1) is 8.56. The van der Waals surface area contributed by atoms with Gasteiger partial charge in [0.2, 0.25) is 5.91 Å². The van der Waals surface area contributed by atoms with E-state index < -0.39 is 6.04 Å². The lowest BCUT2D eigenvalue weighted by atomic mass is 10.3. The average Bonchev–Trinajstić information content (AvgIpc) is 2.70. The van der Waals surface area contributed by atoms with Gasteiger partial charge in [-0.15, -0.1) is 11.3 Å². The van der Waals surface area contributed by atoms with Gasteiger partial charge in [0, 0.05) is 18.0 Å². The number of hydrogen-bond donors (Lipinski definition) is 2. The number of rotatable bonds is 4. The number of aromatic nitrogens is 1. The van der Waals surface area contributed by atoms with Crippen LogP contribution in [0, 0.1) is 0 Å². The number of nitrogens with zero attached hydrogens (tertiary/aromatic N) is 1. The minimum absolute atomic E-state index is 0.140. The molecular weight excluding hydrogens is 270 g/mol. The summed E-state index contributed by atoms with van der Waals surface area (Å²) in [5.74, 6) is -0.140. The molecule has 96 valence electrons. The van der Waals surface area contributed by atoms with Gasteiger partial charge in [-0.25, -0.2) is 4.98 Å². The predicted molar refractivity (Wildman–Crippen MR) is 75.0 cm³/mol. The molecule has 1 atom stereocenters. The third kappa shape index (κ3) is 3.19. The van der Waals surface area contributed by atoms with Crippen LogP contribution in [0.2, 0.25) is 5.02 Å². The maximum atomic E-state index is 11.3. The number of halogens is 1. The van der Waals surface area contributed by atoms with Crippen molar-refractivity contribution in [1.82, 2.24) is 10.3 Å². The number of hydrogen-bond acceptors (Lipinski definition) is 4. The van der Waals surface area contributed by atoms with E-state index in [2.05, 4.69) is 10.3 Å². The Bertz CT molecular complexity index is 567. The smallest absolute Gasteiger partial charge is 0.236 e. The third-order valence-corrected chi connectivity index (χ3v) is 3.78. The van der Waals surface area contributed by atoms with Crippen LogP contribution < -0.4 is 11.1 Å². The van der Waals surface area contributed by atoms with Crippen molar-refractivity contribution >= 4 is 39.1 Å². The first kappa shape index (κ1) is 13.3. The van der Waals surface area contributed by atoms with E-state index in [1.165, 1.54) is 0 Å². The fourth-order valence-corrected chi connectivity index (χ4v) is 2.62. The Labute approximate surface area is 114 Å². The second-order valence-electron chi connectivity index (χ2n) is 4.05. The summed E-state index contributed by atoms with van der Waals surface area (Å²) >= 11 is 7.52. The Morgan fingerprint density at radius 1 is 1.61 bits per heavy atom. The summed E-state index contributed by atoms with van der Waals surface area (Å²) in [6.45, 7) is 2.21. The molecule has 0 saturated heterocycles. The number of carbonyl (C=O) groups is 1. The molecule has 0 radical (unpaired) electrons. The zero-order chi connectivity index (χ0) is 13.1. The average molecular weight is 284 g/mol. The van der Waals surface area contributed by atoms with Gasteiger partial charge in [-0.05, 0) is 25.1 Å². The molecule has 1 amide bonds. The van der Waals surface area contributed by atoms with E-state index in [-0.39, 0.29) is 5.91 Å². The van der Waals surface area contributed by atoms with E-state index in [0.717, 1.165) is 15.2 Å². The van der Waals surface area contributed by atoms with Gasteiger partial charge in [0.25, 0.3) is 0 Å². The summed E-state index contributed by atoms with van der Waals surface area (Å²) in [6.07, 6.45) is 0.704. The van der Waals surface area contributed by atoms with Crippen LogP contribution in [0.25, 0.3) is 10.2 Å². The molecule has 0 bridgehead atoms. The Morgan fingerprint density at radius 2 is 2.39 bits per heavy atom. The molecule has 0 aliphatic carbocycles. The van der Waals surface area contributed by atoms with Gasteiger partial charge in [0.05, 0.1) is 21.3 Å². The lowest BCUT2D eigenvalue weighted by Gasteiger charge is -2.05. The highest BCUT2D eigenvalue weighted by Crippen LogP contribution is 2.24. The van der Waals surface area contributed by atoms with Crippen molar-refractivity contribution in [3.8, 4) is 0 Å². The highest BCUT2D eigenvalue weighted by molar-refractivity contribution is 7.18. The number of nitrogens with one attached hydrogen (secondary N) is 1. The molecule has 2 aromatic rings. The summed E-state index contributed by atoms with van der Waals surface area (Å²) in [5.41, 5.74) is 6.36. The first-order valence-corrected chi connectivity index (χ1v) is 6.84. The van der Waals surface area contributed by atoms with E-state index >= 15 is 0 Å². The molecule has 1 heterocycles. The highest BCUT2D eigenvalue weighted by atomic mass is 35.5. The summed E-state index contributed by atoms with van der Waals surface area (Å²) in [5, 5.41) is 4.43. The van der Waals surface area contributed by atoms with Crippen molar-refractivity contribution < 1.29 is 4.79 Å². The number of fused-ring (bicyclic) bond motifs is 1. The zero-order valence-corrected chi connectivity index (χ0v) is 11.5. The molecule has 2 rings (SSSR count). The van der Waals surface area contributed by atoms with Crippen LogP contribution in [-0.4, -0.2) is 23.5 Å². The summed E-state index contributed by atoms with van der Waals surface area (Å²) in [4.78, 5) is 15.7. The topological polar surface area (TPSA) is 68.0 Å². The van der Waals surface area contributed by atoms with Crippen molar-refractivity contribution in [3.63, 3.8) is 0 Å². The minimum atomic E-state index is -0.473. The van der Waals surface area contributed by atoms with Gasteiger partial charge >= 0.3 is 0 Å². The van der Waals surface area contributed by atoms with Crippen LogP contribution in [0.3, 0.4) is 0 Å². The van der Waals surface area contributed by atoms with E-state index in [9.17, 15) is 4.79 Å². The van der Waals surface area contributed by atoms with Gasteiger partial charge in [-0.3, -0.25) is 4.79 Å². The van der Waals surface area contributed by atoms with Crippen LogP contribution in [0.5, 0.6) is 0 Å². The minimum Gasteiger partial charge on any atom is -0.354 e. The number of carbonyl (C=O) groups excluding carboxylic acids is 1. The highest BCUT2D eigenvalue weighted by Gasteiger charge is 2.08. The van der Waals surface area contributed by atoms with Crippen molar-refractivity contribution in [1.29, 1.82) is 0 Å². The van der Waals surface area contributed by atoms with Gasteiger partial charge in [0.1, 0.15) is 0 Å². The fourth-order valence-electron chi connectivity index (χ4n) is 1.51. The molecule has 0 fully saturated rings. The number of nitrogens with two attached hydrogens (primary N) is 1. The molecule has 0 aliphatic rings. The molecule has 1 aromatic heterocycles. The predicted octanol–water partition coefficient (Wildman–Crippen LogP) is 1.96. The van der Waals surface area contributed by atoms with Crippen LogP contribution >= 0.6 is 22.9 Å². The second-order valence-corrected chi connectivity index (χ2v) is 5.60. The molecular formula is C12H14ClN3OS. The summed E-state index contributed by atoms with van der Waals surface area (Å²) in [7, 11) is 0. The standard InChI is InChI=1S/C12H14ClN3OS/c1-7(14)12(17)15-5-4-11-16-9-6-8(13)2-3-10(9)18-11/h2-3,6-7H,4-5,14H2,1H3,(H,15,17)/t7-/m0/s1. The van der Waals surface area contributed by atoms with Crippen LogP contribution in [0.1, 0.15) is 11.9 Å². The maximum absolute atomic E-state index is 11.3. The normalized spacial score (nSPS) is 12.6. The monoisotopic (exact) mass is 283 g/mol. The Kier molecular flexibility index (Phi) is 4.16. The number of benzene rings is 1. The first-order valence-electron chi connectivity index (χ1n) is 5.64. The molecule has 1 aromatic carbocycles. The second kappa shape index (κ2) is 5.65. The van der Waals surface area contributed by atoms with Gasteiger partial charge in [-0.2, -0.15) is 0 Å². The van der Waals surface area contributed by atoms with Crippen LogP contribution in [0.4, 0.5) is 0 Å². The molecule has 18 heavy (non-hydrogen) atoms. The lowest BCUT2D eigenvalue weighted by Crippen LogP contribution is -2.39. The molecule has 0 aliphatic heterocycles. The van der Waals surface area contributed by atoms with Crippen molar-refractivity contribution in [2.75, 3.05) is 6.54 Å². The Morgan fingerprint density at radius 3 is 3.11 bits per heavy atom. The van der Waals surface area contributed by atoms with E-state index in [0.29, 0.717) is 18.0 Å². The Balaban J connectivity index is 1.98. The molecule has 6 heteroatoms. The lowest BCUT2D eigenvalue weighted by molar-refractivity contribution is -0.121. The van der Waals surface area contributed by atoms with E-state index in [1.807, 2.05) is 18.2 Å². The van der Waals surface area contributed by atoms with E-state index in [4.69, 9.17) is 17.3 Å². The Hall–Kier alpha value is -1.17. The summed E-state index contributed by atoms with van der Waals surface area (Å²) < 4.78 is 1.10. The van der Waals surface area contributed by atoms with Crippen LogP contribution in [0.15, 0.2) is 18.2 Å². The maximum Gasteiger partial charge on any atom is 0.236 e. The molecule has 0 unspecified atom stereocenters. The van der Waals surface area contributed by atoms with Gasteiger partial charge in [-0.1, -0.05) is 11.6 Å². The SMILES string of the molecule is C[C@H](N)C(=O)NCCc1nc2cc(Cl)ccc2s1. The summed E-state index contributed by atoms with van der Waals surface area (Å²) in [6, 6.07) is 5.18. The molecule has 3 N–H and O–H groups in total. The molecule has 4 nitrogen and oxygen atoms in total. The van der Waals surface area contributed by atoms with Gasteiger partial charge < -0.3 is 11.1 Å². The quantitative estimate of drug-likeness (QED) is 0.901. The number of amides is 1. The molecule has 0 spiro atoms. The zero-order valence-electron chi connectivity index (χ0n) is 9.94. The van der Waals surface area contributed by atoms with E-state index in [1.54, 1.807) is 18.3 Å².